The van der Waals surface area contributed by atoms with Gasteiger partial charge in [-0.25, -0.2) is 9.38 Å². The minimum absolute atomic E-state index is 0.259. The molecular formula is C19H24N6O2S2. The lowest BCUT2D eigenvalue weighted by atomic mass is 9.89. The predicted molar refractivity (Wildman–Crippen MR) is 114 cm³/mol. The molecular weight excluding hydrogens is 408 g/mol. The molecule has 0 N–H and O–H groups in total. The Labute approximate surface area is 176 Å². The zero-order valence-corrected chi connectivity index (χ0v) is 18.4. The molecule has 10 heteroatoms. The molecule has 1 atom stereocenters. The van der Waals surface area contributed by atoms with E-state index in [9.17, 15) is 0 Å². The maximum Gasteiger partial charge on any atom is 0.260 e. The summed E-state index contributed by atoms with van der Waals surface area (Å²) in [6.45, 7) is 7.52. The van der Waals surface area contributed by atoms with Crippen LogP contribution in [0.4, 0.5) is 0 Å². The number of hydrogen-bond acceptors (Lipinski definition) is 8. The molecule has 0 saturated heterocycles. The first-order valence-electron chi connectivity index (χ1n) is 10.1. The van der Waals surface area contributed by atoms with Gasteiger partial charge in [0.1, 0.15) is 11.2 Å². The van der Waals surface area contributed by atoms with Crippen molar-refractivity contribution in [2.75, 3.05) is 19.0 Å². The lowest BCUT2D eigenvalue weighted by Gasteiger charge is -2.17. The molecule has 0 bridgehead atoms. The van der Waals surface area contributed by atoms with Gasteiger partial charge in [-0.3, -0.25) is 0 Å². The van der Waals surface area contributed by atoms with Gasteiger partial charge in [0.15, 0.2) is 17.1 Å². The topological polar surface area (TPSA) is 78.8 Å². The minimum atomic E-state index is -0.259. The number of fused-ring (bicyclic) bond motifs is 8. The number of ether oxygens (including phenoxy) is 2. The SMILES string of the molecule is CCOC(CSc1nnc2n3ncnc3c3c4c(sc3n12)CC(C)CC4)OCC. The van der Waals surface area contributed by atoms with Gasteiger partial charge < -0.3 is 9.47 Å². The molecule has 29 heavy (non-hydrogen) atoms. The Kier molecular flexibility index (Phi) is 5.19. The van der Waals surface area contributed by atoms with Gasteiger partial charge in [0.2, 0.25) is 0 Å². The van der Waals surface area contributed by atoms with E-state index in [0.29, 0.717) is 30.7 Å². The van der Waals surface area contributed by atoms with Crippen molar-refractivity contribution in [3.8, 4) is 0 Å². The van der Waals surface area contributed by atoms with Crippen molar-refractivity contribution in [1.82, 2.24) is 29.2 Å². The average molecular weight is 433 g/mol. The van der Waals surface area contributed by atoms with Crippen LogP contribution in [-0.4, -0.2) is 54.5 Å². The smallest absolute Gasteiger partial charge is 0.260 e. The van der Waals surface area contributed by atoms with Crippen LogP contribution < -0.4 is 0 Å². The van der Waals surface area contributed by atoms with E-state index in [1.54, 1.807) is 18.1 Å². The summed E-state index contributed by atoms with van der Waals surface area (Å²) in [6.07, 6.45) is 4.77. The first-order valence-corrected chi connectivity index (χ1v) is 11.9. The van der Waals surface area contributed by atoms with Crippen LogP contribution >= 0.6 is 23.1 Å². The number of aromatic nitrogens is 6. The Bertz CT molecular complexity index is 1160. The van der Waals surface area contributed by atoms with Gasteiger partial charge in [0.25, 0.3) is 5.78 Å². The van der Waals surface area contributed by atoms with Gasteiger partial charge in [-0.2, -0.15) is 9.61 Å². The number of rotatable bonds is 7. The Hall–Kier alpha value is -1.75. The second kappa shape index (κ2) is 7.82. The quantitative estimate of drug-likeness (QED) is 0.326. The summed E-state index contributed by atoms with van der Waals surface area (Å²) < 4.78 is 15.3. The van der Waals surface area contributed by atoms with Crippen molar-refractivity contribution in [2.45, 2.75) is 51.5 Å². The monoisotopic (exact) mass is 432 g/mol. The summed E-state index contributed by atoms with van der Waals surface area (Å²) in [7, 11) is 0. The fourth-order valence-corrected chi connectivity index (χ4v) is 6.45. The van der Waals surface area contributed by atoms with Gasteiger partial charge in [-0.15, -0.1) is 21.5 Å². The van der Waals surface area contributed by atoms with E-state index in [0.717, 1.165) is 28.5 Å². The van der Waals surface area contributed by atoms with Gasteiger partial charge >= 0.3 is 0 Å². The van der Waals surface area contributed by atoms with Crippen molar-refractivity contribution >= 4 is 44.7 Å². The molecule has 5 rings (SSSR count). The van der Waals surface area contributed by atoms with Crippen LogP contribution in [0.25, 0.3) is 21.6 Å². The Morgan fingerprint density at radius 3 is 2.90 bits per heavy atom. The van der Waals surface area contributed by atoms with Crippen LogP contribution in [-0.2, 0) is 22.3 Å². The summed E-state index contributed by atoms with van der Waals surface area (Å²) in [4.78, 5) is 7.18. The zero-order chi connectivity index (χ0) is 20.0. The third-order valence-corrected chi connectivity index (χ3v) is 7.53. The Morgan fingerprint density at radius 2 is 2.10 bits per heavy atom. The molecule has 0 fully saturated rings. The molecule has 0 aliphatic heterocycles. The van der Waals surface area contributed by atoms with E-state index in [4.69, 9.17) is 9.47 Å². The van der Waals surface area contributed by atoms with Crippen LogP contribution in [0.5, 0.6) is 0 Å². The zero-order valence-electron chi connectivity index (χ0n) is 16.8. The van der Waals surface area contributed by atoms with E-state index in [2.05, 4.69) is 31.6 Å². The highest BCUT2D eigenvalue weighted by Gasteiger charge is 2.26. The summed E-state index contributed by atoms with van der Waals surface area (Å²) >= 11 is 3.45. The molecule has 4 heterocycles. The third-order valence-electron chi connectivity index (χ3n) is 5.33. The average Bonchev–Trinajstić information content (AvgIpc) is 3.41. The number of aryl methyl sites for hydroxylation is 1. The van der Waals surface area contributed by atoms with Crippen molar-refractivity contribution in [2.24, 2.45) is 5.92 Å². The first-order chi connectivity index (χ1) is 14.2. The normalized spacial score (nSPS) is 17.2. The minimum Gasteiger partial charge on any atom is -0.352 e. The van der Waals surface area contributed by atoms with Crippen LogP contribution in [0, 0.1) is 5.92 Å². The fraction of sp³-hybridized carbons (Fsp3) is 0.579. The molecule has 0 aromatic carbocycles. The highest BCUT2D eigenvalue weighted by Crippen LogP contribution is 2.40. The van der Waals surface area contributed by atoms with Crippen molar-refractivity contribution in [1.29, 1.82) is 0 Å². The molecule has 0 spiro atoms. The standard InChI is InChI=1S/C19H24N6O2S2/c1-4-26-14(27-5-2)9-28-19-23-22-18-24(19)17-15(16-20-10-21-25(16)18)12-7-6-11(3)8-13(12)29-17/h10-11,14H,4-9H2,1-3H3. The van der Waals surface area contributed by atoms with Crippen LogP contribution in [0.3, 0.4) is 0 Å². The van der Waals surface area contributed by atoms with Gasteiger partial charge in [-0.1, -0.05) is 18.7 Å². The first kappa shape index (κ1) is 19.2. The summed E-state index contributed by atoms with van der Waals surface area (Å²) in [5.74, 6) is 2.07. The largest absolute Gasteiger partial charge is 0.352 e. The molecule has 1 aliphatic carbocycles. The molecule has 0 amide bonds. The third kappa shape index (κ3) is 3.22. The maximum atomic E-state index is 5.69. The van der Waals surface area contributed by atoms with Crippen molar-refractivity contribution < 1.29 is 9.47 Å². The lowest BCUT2D eigenvalue weighted by molar-refractivity contribution is -0.120. The molecule has 0 saturated carbocycles. The van der Waals surface area contributed by atoms with Crippen LogP contribution in [0.15, 0.2) is 11.5 Å². The highest BCUT2D eigenvalue weighted by atomic mass is 32.2. The Balaban J connectivity index is 1.64. The molecule has 1 unspecified atom stereocenters. The van der Waals surface area contributed by atoms with Crippen molar-refractivity contribution in [3.63, 3.8) is 0 Å². The van der Waals surface area contributed by atoms with Gasteiger partial charge in [-0.05, 0) is 44.6 Å². The molecule has 8 nitrogen and oxygen atoms in total. The van der Waals surface area contributed by atoms with E-state index in [1.165, 1.54) is 22.2 Å². The predicted octanol–water partition coefficient (Wildman–Crippen LogP) is 3.60. The molecule has 0 radical (unpaired) electrons. The summed E-state index contributed by atoms with van der Waals surface area (Å²) in [5.41, 5.74) is 2.30. The van der Waals surface area contributed by atoms with E-state index >= 15 is 0 Å². The number of hydrogen-bond donors (Lipinski definition) is 0. The summed E-state index contributed by atoms with van der Waals surface area (Å²) in [6, 6.07) is 0. The lowest BCUT2D eigenvalue weighted by Crippen LogP contribution is -2.20. The summed E-state index contributed by atoms with van der Waals surface area (Å²) in [5, 5.41) is 15.4. The van der Waals surface area contributed by atoms with Crippen LogP contribution in [0.2, 0.25) is 0 Å². The highest BCUT2D eigenvalue weighted by molar-refractivity contribution is 7.99. The maximum absolute atomic E-state index is 5.69. The number of nitrogens with zero attached hydrogens (tertiary/aromatic N) is 6. The van der Waals surface area contributed by atoms with E-state index in [1.807, 2.05) is 29.7 Å². The second-order valence-electron chi connectivity index (χ2n) is 7.30. The van der Waals surface area contributed by atoms with E-state index in [-0.39, 0.29) is 6.29 Å². The number of thiophene rings is 1. The fourth-order valence-electron chi connectivity index (χ4n) is 4.01. The van der Waals surface area contributed by atoms with Crippen molar-refractivity contribution in [3.05, 3.63) is 16.8 Å². The Morgan fingerprint density at radius 1 is 1.28 bits per heavy atom. The van der Waals surface area contributed by atoms with E-state index < -0.39 is 0 Å². The van der Waals surface area contributed by atoms with Gasteiger partial charge in [0, 0.05) is 18.1 Å². The second-order valence-corrected chi connectivity index (χ2v) is 9.37. The molecule has 1 aliphatic rings. The van der Waals surface area contributed by atoms with Gasteiger partial charge in [0.05, 0.1) is 11.1 Å². The molecule has 154 valence electrons. The van der Waals surface area contributed by atoms with Crippen LogP contribution in [0.1, 0.15) is 37.6 Å². The molecule has 4 aromatic rings. The molecule has 4 aromatic heterocycles. The number of thioether (sulfide) groups is 1.